The van der Waals surface area contributed by atoms with Gasteiger partial charge in [0.05, 0.1) is 36.7 Å². The van der Waals surface area contributed by atoms with Crippen molar-refractivity contribution in [2.45, 2.75) is 100 Å². The highest BCUT2D eigenvalue weighted by Crippen LogP contribution is 2.46. The second-order valence-corrected chi connectivity index (χ2v) is 18.5. The first kappa shape index (κ1) is 40.3. The minimum Gasteiger partial charge on any atom is -0.496 e. The standard InChI is InChI=1S/C44H51N5O9S/c1-27-12-11-15-29-20-33-36(23-38(29)56-2)45-35(28-13-7-6-8-14-28)22-39(33)58-31-21-37-40(50)47-44(42(52)48-59(54,55)32-18-19-32)24-30(44)16-9-4-3-5-10-17-34(41(51)49(37)25-31)46-43(53)57-26-27/h6-9,11,13-16,20,22-23,27,30-32,34,37H,3-5,10,12,17-19,21,24-26H2,1-2H3,(H,46,53)(H,47,50)(H,48,52)/b15-11+,16-9-/t27-,30-,31-,34+,37+,44-/m1/s1. The molecule has 5 aliphatic rings. The molecular formula is C44H51N5O9S. The van der Waals surface area contributed by atoms with Crippen LogP contribution < -0.4 is 24.8 Å². The maximum Gasteiger partial charge on any atom is 0.407 e. The third kappa shape index (κ3) is 8.80. The van der Waals surface area contributed by atoms with Crippen LogP contribution in [0.1, 0.15) is 76.7 Å². The average Bonchev–Trinajstić information content (AvgIpc) is 4.15. The molecule has 15 heteroatoms. The van der Waals surface area contributed by atoms with E-state index in [-0.39, 0.29) is 31.9 Å². The summed E-state index contributed by atoms with van der Waals surface area (Å²) in [5, 5.41) is 5.79. The van der Waals surface area contributed by atoms with E-state index in [1.54, 1.807) is 7.11 Å². The molecule has 3 fully saturated rings. The largest absolute Gasteiger partial charge is 0.496 e. The lowest BCUT2D eigenvalue weighted by molar-refractivity contribution is -0.141. The van der Waals surface area contributed by atoms with Gasteiger partial charge in [0.2, 0.25) is 21.8 Å². The van der Waals surface area contributed by atoms with Crippen molar-refractivity contribution in [3.05, 3.63) is 72.3 Å². The van der Waals surface area contributed by atoms with Crippen LogP contribution in [-0.4, -0.2) is 91.4 Å². The van der Waals surface area contributed by atoms with Gasteiger partial charge in [-0.05, 0) is 56.9 Å². The van der Waals surface area contributed by atoms with Crippen molar-refractivity contribution in [2.75, 3.05) is 20.3 Å². The number of alkyl carbamates (subject to hydrolysis) is 1. The van der Waals surface area contributed by atoms with Crippen molar-refractivity contribution >= 4 is 50.8 Å². The molecule has 3 aliphatic heterocycles. The number of cyclic esters (lactones) is 1. The molecule has 2 aliphatic carbocycles. The summed E-state index contributed by atoms with van der Waals surface area (Å²) in [6.07, 6.45) is 11.4. The summed E-state index contributed by atoms with van der Waals surface area (Å²) in [7, 11) is -2.31. The number of allylic oxidation sites excluding steroid dienone is 2. The SMILES string of the molecule is COc1cc2nc(-c3ccccc3)cc3c2cc1/C=C/C[C@@H](C)COC(=O)N[C@H]1CCCCC/C=C\[C@@H]2C[C@@]2(C(=O)NS(=O)(=O)C2CC2)NC(=O)[C@@H]2C[C@H](CN2C1=O)O3. The highest BCUT2D eigenvalue weighted by Gasteiger charge is 2.62. The van der Waals surface area contributed by atoms with Crippen LogP contribution in [0.25, 0.3) is 28.2 Å². The van der Waals surface area contributed by atoms with Crippen LogP contribution in [0.4, 0.5) is 4.79 Å². The minimum atomic E-state index is -3.91. The molecule has 5 bridgehead atoms. The van der Waals surface area contributed by atoms with E-state index in [1.165, 1.54) is 4.90 Å². The molecule has 6 atom stereocenters. The van der Waals surface area contributed by atoms with Gasteiger partial charge in [0, 0.05) is 41.0 Å². The molecule has 2 saturated carbocycles. The molecule has 59 heavy (non-hydrogen) atoms. The molecule has 4 heterocycles. The first-order valence-electron chi connectivity index (χ1n) is 20.6. The number of sulfonamides is 1. The van der Waals surface area contributed by atoms with Gasteiger partial charge in [-0.2, -0.15) is 0 Å². The molecule has 0 radical (unpaired) electrons. The Bertz CT molecular complexity index is 2300. The number of nitrogens with one attached hydrogen (secondary N) is 3. The Morgan fingerprint density at radius 3 is 2.63 bits per heavy atom. The zero-order valence-corrected chi connectivity index (χ0v) is 34.2. The fourth-order valence-corrected chi connectivity index (χ4v) is 9.69. The third-order valence-electron chi connectivity index (χ3n) is 12.0. The maximum atomic E-state index is 14.7. The zero-order chi connectivity index (χ0) is 41.3. The number of rotatable bonds is 5. The van der Waals surface area contributed by atoms with Gasteiger partial charge in [-0.25, -0.2) is 18.2 Å². The van der Waals surface area contributed by atoms with E-state index in [4.69, 9.17) is 19.2 Å². The van der Waals surface area contributed by atoms with Crippen LogP contribution in [0.3, 0.4) is 0 Å². The number of ether oxygens (including phenoxy) is 3. The first-order valence-corrected chi connectivity index (χ1v) is 22.2. The lowest BCUT2D eigenvalue weighted by Gasteiger charge is -2.29. The van der Waals surface area contributed by atoms with E-state index >= 15 is 0 Å². The second kappa shape index (κ2) is 16.7. The van der Waals surface area contributed by atoms with E-state index in [0.717, 1.165) is 24.0 Å². The highest BCUT2D eigenvalue weighted by molar-refractivity contribution is 7.91. The number of hydrogen-bond acceptors (Lipinski definition) is 10. The molecule has 2 aromatic carbocycles. The fourth-order valence-electron chi connectivity index (χ4n) is 8.33. The van der Waals surface area contributed by atoms with E-state index in [9.17, 15) is 27.6 Å². The summed E-state index contributed by atoms with van der Waals surface area (Å²) in [5.41, 5.74) is 1.41. The molecule has 8 rings (SSSR count). The topological polar surface area (TPSA) is 182 Å². The van der Waals surface area contributed by atoms with Gasteiger partial charge in [-0.3, -0.25) is 19.1 Å². The summed E-state index contributed by atoms with van der Waals surface area (Å²) in [4.78, 5) is 62.8. The predicted molar refractivity (Wildman–Crippen MR) is 221 cm³/mol. The van der Waals surface area contributed by atoms with Crippen molar-refractivity contribution in [2.24, 2.45) is 11.8 Å². The Balaban J connectivity index is 1.19. The Kier molecular flexibility index (Phi) is 11.4. The maximum absolute atomic E-state index is 14.7. The Morgan fingerprint density at radius 2 is 1.85 bits per heavy atom. The summed E-state index contributed by atoms with van der Waals surface area (Å²) < 4.78 is 46.4. The molecule has 312 valence electrons. The molecule has 1 aromatic heterocycles. The minimum absolute atomic E-state index is 0.00678. The molecule has 3 aromatic rings. The van der Waals surface area contributed by atoms with Gasteiger partial charge >= 0.3 is 6.09 Å². The van der Waals surface area contributed by atoms with Crippen LogP contribution in [-0.2, 0) is 29.1 Å². The molecule has 4 amide bonds. The quantitative estimate of drug-likeness (QED) is 0.282. The summed E-state index contributed by atoms with van der Waals surface area (Å²) in [6, 6.07) is 13.2. The van der Waals surface area contributed by atoms with E-state index in [0.29, 0.717) is 66.6 Å². The van der Waals surface area contributed by atoms with E-state index in [1.807, 2.05) is 79.8 Å². The molecule has 0 spiro atoms. The van der Waals surface area contributed by atoms with Crippen LogP contribution in [0.5, 0.6) is 11.5 Å². The molecule has 14 nitrogen and oxygen atoms in total. The van der Waals surface area contributed by atoms with Gasteiger partial charge in [-0.1, -0.05) is 74.4 Å². The van der Waals surface area contributed by atoms with Gasteiger partial charge in [0.15, 0.2) is 0 Å². The second-order valence-electron chi connectivity index (χ2n) is 16.5. The number of carbonyl (C=O) groups is 4. The summed E-state index contributed by atoms with van der Waals surface area (Å²) in [6.45, 7) is 2.07. The number of amides is 4. The lowest BCUT2D eigenvalue weighted by Crippen LogP contribution is -2.58. The van der Waals surface area contributed by atoms with E-state index in [2.05, 4.69) is 15.4 Å². The molecule has 3 N–H and O–H groups in total. The molecule has 0 unspecified atom stereocenters. The number of methoxy groups -OCH3 is 1. The van der Waals surface area contributed by atoms with Crippen molar-refractivity contribution in [3.63, 3.8) is 0 Å². The molecular weight excluding hydrogens is 775 g/mol. The van der Waals surface area contributed by atoms with Gasteiger partial charge in [0.1, 0.15) is 35.2 Å². The first-order chi connectivity index (χ1) is 28.4. The van der Waals surface area contributed by atoms with Gasteiger partial charge in [-0.15, -0.1) is 0 Å². The third-order valence-corrected chi connectivity index (χ3v) is 13.8. The van der Waals surface area contributed by atoms with Crippen LogP contribution in [0, 0.1) is 11.8 Å². The van der Waals surface area contributed by atoms with Gasteiger partial charge in [0.25, 0.3) is 5.91 Å². The predicted octanol–water partition coefficient (Wildman–Crippen LogP) is 5.41. The Hall–Kier alpha value is -5.44. The van der Waals surface area contributed by atoms with Crippen LogP contribution >= 0.6 is 0 Å². The summed E-state index contributed by atoms with van der Waals surface area (Å²) >= 11 is 0. The number of carbonyl (C=O) groups excluding carboxylic acids is 4. The number of fused-ring (bicyclic) bond motifs is 4. The van der Waals surface area contributed by atoms with Crippen LogP contribution in [0.2, 0.25) is 0 Å². The monoisotopic (exact) mass is 825 g/mol. The van der Waals surface area contributed by atoms with Crippen molar-refractivity contribution in [1.29, 1.82) is 0 Å². The highest BCUT2D eigenvalue weighted by atomic mass is 32.2. The Morgan fingerprint density at radius 1 is 1.03 bits per heavy atom. The number of pyridine rings is 1. The van der Waals surface area contributed by atoms with E-state index < -0.39 is 68.7 Å². The number of hydrogen-bond donors (Lipinski definition) is 3. The zero-order valence-electron chi connectivity index (χ0n) is 33.4. The van der Waals surface area contributed by atoms with Crippen molar-refractivity contribution in [1.82, 2.24) is 25.2 Å². The smallest absolute Gasteiger partial charge is 0.407 e. The van der Waals surface area contributed by atoms with Crippen LogP contribution in [0.15, 0.2) is 66.8 Å². The molecule has 1 saturated heterocycles. The fraction of sp³-hybridized carbons (Fsp3) is 0.477. The van der Waals surface area contributed by atoms with Crippen molar-refractivity contribution in [3.8, 4) is 22.8 Å². The number of nitrogens with zero attached hydrogens (tertiary/aromatic N) is 2. The van der Waals surface area contributed by atoms with Crippen molar-refractivity contribution < 1.29 is 41.8 Å². The Labute approximate surface area is 344 Å². The summed E-state index contributed by atoms with van der Waals surface area (Å²) in [5.74, 6) is -1.26. The van der Waals surface area contributed by atoms with Gasteiger partial charge < -0.3 is 29.7 Å². The average molecular weight is 826 g/mol. The number of benzene rings is 2. The number of aromatic nitrogens is 1. The normalized spacial score (nSPS) is 28.9. The lowest BCUT2D eigenvalue weighted by atomic mass is 10.0.